The van der Waals surface area contributed by atoms with Gasteiger partial charge in [-0.1, -0.05) is 0 Å². The van der Waals surface area contributed by atoms with Crippen LogP contribution in [-0.2, 0) is 13.8 Å². The number of phosphoric acid groups is 1. The zero-order valence-electron chi connectivity index (χ0n) is 24.1. The van der Waals surface area contributed by atoms with Crippen molar-refractivity contribution >= 4 is 24.8 Å². The molecule has 0 spiro atoms. The number of nitrogens with zero attached hydrogens (tertiary/aromatic N) is 4. The fraction of sp³-hybridized carbons (Fsp3) is 0.500. The van der Waals surface area contributed by atoms with E-state index in [0.29, 0.717) is 0 Å². The first-order chi connectivity index (χ1) is 15.2. The molecular weight excluding hydrogens is 336 g/mol. The summed E-state index contributed by atoms with van der Waals surface area (Å²) in [4.78, 5) is 32.6. The molecule has 0 aliphatic carbocycles. The maximum absolute atomic E-state index is 11.0. The Morgan fingerprint density at radius 2 is 2.50 bits per heavy atom. The molecule has 1 aliphatic heterocycles. The van der Waals surface area contributed by atoms with Gasteiger partial charge >= 0.3 is 37.7 Å². The smallest absolute Gasteiger partial charge is 0.790 e. The maximum atomic E-state index is 11.0. The van der Waals surface area contributed by atoms with Crippen molar-refractivity contribution in [2.75, 3.05) is 12.3 Å². The van der Waals surface area contributed by atoms with Gasteiger partial charge in [-0.3, -0.25) is 4.57 Å². The number of anilines is 1. The number of phosphoric ester groups is 1. The van der Waals surface area contributed by atoms with Crippen molar-refractivity contribution in [1.29, 1.82) is 1.43 Å². The second-order valence-electron chi connectivity index (χ2n) is 3.70. The van der Waals surface area contributed by atoms with Gasteiger partial charge in [0.1, 0.15) is 26.8 Å². The van der Waals surface area contributed by atoms with Gasteiger partial charge in [-0.2, -0.15) is 0 Å². The number of imidazole rings is 1. The summed E-state index contributed by atoms with van der Waals surface area (Å²) in [5.74, 6) is -0.715. The number of nitrogen functional groups attached to an aromatic ring is 1. The third-order valence-corrected chi connectivity index (χ3v) is 2.60. The first-order valence-corrected chi connectivity index (χ1v) is 6.74. The van der Waals surface area contributed by atoms with Crippen LogP contribution in [0.2, 0.25) is 2.82 Å². The monoisotopic (exact) mass is 360 g/mol. The van der Waals surface area contributed by atoms with Gasteiger partial charge < -0.3 is 34.4 Å². The molecule has 1 saturated heterocycles. The van der Waals surface area contributed by atoms with E-state index in [0.717, 1.165) is 0 Å². The van der Waals surface area contributed by atoms with E-state index in [1.807, 2.05) is 0 Å². The molecule has 0 aromatic carbocycles. The second-order valence-corrected chi connectivity index (χ2v) is 4.77. The molecule has 1 fully saturated rings. The minimum atomic E-state index is -6.27. The summed E-state index contributed by atoms with van der Waals surface area (Å²) < 4.78 is 114. The van der Waals surface area contributed by atoms with Crippen LogP contribution in [0.25, 0.3) is 11.2 Å². The standard InChI is InChI=1S/C10H14N5O6P.2Li/c11-9-8-10(13-3-12-9)15(4-14-8)7-1-5(16)6(21-7)2-20-22(17,18)19;;/h3-7,16H,1-2H2,(H2,11,12,13)(H2,17,18,19);;/q;2*+1/p-2/t5-,6+,7+;;/m0../s1/i1D2,2D2,3D,4D,5D,6D,7D,11+1,12+1,13+1,14+1,15+1,16D;;/hD2. The molecule has 0 amide bonds. The predicted octanol–water partition coefficient (Wildman–Crippen LogP) is -8.09. The van der Waals surface area contributed by atoms with Crippen LogP contribution in [0.5, 0.6) is 0 Å². The first kappa shape index (κ1) is 9.49. The van der Waals surface area contributed by atoms with Gasteiger partial charge in [-0.25, -0.2) is 15.0 Å². The van der Waals surface area contributed by atoms with Crippen LogP contribution < -0.4 is 53.2 Å². The predicted molar refractivity (Wildman–Crippen MR) is 67.8 cm³/mol. The average molecular weight is 360 g/mol. The van der Waals surface area contributed by atoms with Crippen LogP contribution in [0.15, 0.2) is 12.6 Å². The number of aromatic nitrogens is 4. The summed E-state index contributed by atoms with van der Waals surface area (Å²) in [5, 5.41) is 3.92. The Morgan fingerprint density at radius 1 is 1.71 bits per heavy atom. The molecule has 3 atom stereocenters. The van der Waals surface area contributed by atoms with E-state index in [1.165, 1.54) is 0 Å². The Bertz CT molecular complexity index is 1210. The Hall–Kier alpha value is -0.425. The minimum Gasteiger partial charge on any atom is -0.790 e. The number of rotatable bonds is 6. The van der Waals surface area contributed by atoms with Crippen LogP contribution in [0, 0.1) is 0 Å². The number of fused-ring (bicyclic) bond motifs is 1. The molecule has 0 radical (unpaired) electrons. The van der Waals surface area contributed by atoms with Crippen molar-refractivity contribution in [1.82, 2.24) is 19.5 Å². The first-order valence-electron chi connectivity index (χ1n) is 11.1. The van der Waals surface area contributed by atoms with E-state index in [4.69, 9.17) is 21.3 Å². The molecule has 0 saturated carbocycles. The molecular formula is C10H12Li2N5O6P. The van der Waals surface area contributed by atoms with E-state index < -0.39 is 68.7 Å². The summed E-state index contributed by atoms with van der Waals surface area (Å²) in [7, 11) is -6.27. The van der Waals surface area contributed by atoms with Crippen molar-refractivity contribution in [2.45, 2.75) is 24.7 Å². The van der Waals surface area contributed by atoms with Crippen LogP contribution in [0.3, 0.4) is 0 Å². The summed E-state index contributed by atoms with van der Waals surface area (Å²) in [6, 6.07) is 0. The van der Waals surface area contributed by atoms with Crippen molar-refractivity contribution in [3.8, 4) is 0 Å². The topological polar surface area (TPSA) is 172 Å². The molecule has 1 aliphatic rings. The molecule has 3 heterocycles. The largest absolute Gasteiger partial charge is 1.00 e. The van der Waals surface area contributed by atoms with Crippen LogP contribution in [0.4, 0.5) is 5.82 Å². The molecule has 3 rings (SSSR count). The van der Waals surface area contributed by atoms with Gasteiger partial charge in [-0.15, -0.1) is 0 Å². The molecule has 0 unspecified atom stereocenters. The fourth-order valence-corrected chi connectivity index (χ4v) is 1.65. The Morgan fingerprint density at radius 3 is 3.17 bits per heavy atom. The quantitative estimate of drug-likeness (QED) is 0.286. The van der Waals surface area contributed by atoms with Gasteiger partial charge in [0.2, 0.25) is 1.43 Å². The van der Waals surface area contributed by atoms with Crippen LogP contribution in [0.1, 0.15) is 24.9 Å². The molecule has 120 valence electrons. The van der Waals surface area contributed by atoms with Gasteiger partial charge in [0, 0.05) is 9.11 Å². The molecule has 2 aromatic rings. The van der Waals surface area contributed by atoms with E-state index in [9.17, 15) is 14.4 Å². The SMILES string of the molecule is [2H]O[C@@]1([2H])C([2H])([2H])[C@]([2H])([15n]2c([2H])[15n]c3c([15N]([2H])[2H])[15n]c([2H])[15n]c32)O[C@]1([2H])C([2H])([2H])OP(=O)([O-])[O-].[Li+].[Li+]. The van der Waals surface area contributed by atoms with E-state index in [1.54, 1.807) is 0 Å². The molecule has 3 N–H and O–H groups in total. The normalized spacial score (nSPS) is 42.6. The third-order valence-electron chi connectivity index (χ3n) is 2.29. The fourth-order valence-electron chi connectivity index (χ4n) is 1.46. The number of hydrogen-bond acceptors (Lipinski definition) is 10. The average Bonchev–Trinajstić information content (AvgIpc) is 3.04. The van der Waals surface area contributed by atoms with Crippen molar-refractivity contribution in [2.24, 2.45) is 0 Å². The summed E-state index contributed by atoms with van der Waals surface area (Å²) in [6.45, 7) is -4.23. The van der Waals surface area contributed by atoms with Crippen LogP contribution in [-0.4, -0.2) is 44.8 Å². The van der Waals surface area contributed by atoms with Crippen LogP contribution >= 0.6 is 7.82 Å². The second kappa shape index (κ2) is 8.30. The zero-order valence-corrected chi connectivity index (χ0v) is 13.0. The molecule has 0 bridgehead atoms. The van der Waals surface area contributed by atoms with E-state index in [-0.39, 0.29) is 48.0 Å². The van der Waals surface area contributed by atoms with E-state index in [2.05, 4.69) is 24.6 Å². The number of hydrogen-bond donors (Lipinski definition) is 2. The summed E-state index contributed by atoms with van der Waals surface area (Å²) >= 11 is 0. The summed E-state index contributed by atoms with van der Waals surface area (Å²) in [6.07, 6.45) is -17.7. The molecule has 2 aromatic heterocycles. The van der Waals surface area contributed by atoms with Crippen molar-refractivity contribution in [3.05, 3.63) is 12.6 Å². The Kier molecular flexibility index (Phi) is 3.28. The van der Waals surface area contributed by atoms with Gasteiger partial charge in [-0.05, 0) is 0 Å². The number of nitrogens with two attached hydrogens (primary N) is 1. The van der Waals surface area contributed by atoms with E-state index >= 15 is 0 Å². The van der Waals surface area contributed by atoms with Gasteiger partial charge in [0.05, 0.1) is 33.6 Å². The van der Waals surface area contributed by atoms with Gasteiger partial charge in [0.15, 0.2) is 14.3 Å². The third kappa shape index (κ3) is 4.60. The van der Waals surface area contributed by atoms with Crippen molar-refractivity contribution in [3.63, 3.8) is 0 Å². The van der Waals surface area contributed by atoms with Gasteiger partial charge in [0.25, 0.3) is 0 Å². The molecule has 24 heavy (non-hydrogen) atoms. The zero-order chi connectivity index (χ0) is 26.3. The molecule has 11 nitrogen and oxygen atoms in total. The minimum absolute atomic E-state index is 0. The molecule has 14 heteroatoms. The van der Waals surface area contributed by atoms with Crippen molar-refractivity contribution < 1.29 is 81.6 Å². The maximum Gasteiger partial charge on any atom is 1.00 e. The Labute approximate surface area is 177 Å². The number of ether oxygens (including phenoxy) is 1. The Balaban J connectivity index is 0.00000324. The number of aliphatic hydroxyl groups is 1. The summed E-state index contributed by atoms with van der Waals surface area (Å²) in [5.41, 5.74) is -1.59.